The number of aliphatic hydroxyl groups is 1. The summed E-state index contributed by atoms with van der Waals surface area (Å²) in [5.41, 5.74) is 3.24. The second-order valence-electron chi connectivity index (χ2n) is 7.54. The van der Waals surface area contributed by atoms with Crippen molar-refractivity contribution in [1.82, 2.24) is 0 Å². The summed E-state index contributed by atoms with van der Waals surface area (Å²) >= 11 is 0. The maximum absolute atomic E-state index is 13.5. The molecule has 3 aromatic carbocycles. The van der Waals surface area contributed by atoms with Gasteiger partial charge in [0.25, 0.3) is 5.91 Å². The summed E-state index contributed by atoms with van der Waals surface area (Å²) in [6, 6.07) is 21.6. The Morgan fingerprint density at radius 3 is 2.10 bits per heavy atom. The largest absolute Gasteiger partial charge is 0.502 e. The quantitative estimate of drug-likeness (QED) is 0.622. The number of hydrogen-bond acceptors (Lipinski definition) is 4. The van der Waals surface area contributed by atoms with Gasteiger partial charge in [0, 0.05) is 5.69 Å². The van der Waals surface area contributed by atoms with Crippen LogP contribution in [0.15, 0.2) is 94.4 Å². The molecule has 1 atom stereocenters. The van der Waals surface area contributed by atoms with Crippen LogP contribution in [0.4, 0.5) is 5.69 Å². The van der Waals surface area contributed by atoms with Crippen LogP contribution < -0.4 is 4.90 Å². The number of carbonyl (C=O) groups is 1. The average Bonchev–Trinajstić information content (AvgIpc) is 3.06. The molecule has 1 amide bonds. The van der Waals surface area contributed by atoms with Crippen LogP contribution in [0.5, 0.6) is 0 Å². The second kappa shape index (κ2) is 8.04. The number of aliphatic hydroxyl groups excluding tert-OH is 1. The van der Waals surface area contributed by atoms with E-state index in [1.807, 2.05) is 38.1 Å². The molecule has 0 aliphatic carbocycles. The van der Waals surface area contributed by atoms with E-state index in [0.29, 0.717) is 11.3 Å². The van der Waals surface area contributed by atoms with Crippen LogP contribution in [0.1, 0.15) is 29.7 Å². The molecule has 4 rings (SSSR count). The normalized spacial score (nSPS) is 16.8. The Hall–Kier alpha value is -3.38. The molecule has 1 aliphatic heterocycles. The van der Waals surface area contributed by atoms with Gasteiger partial charge in [-0.05, 0) is 48.7 Å². The molecule has 0 fully saturated rings. The summed E-state index contributed by atoms with van der Waals surface area (Å²) in [5.74, 6) is -1.47. The maximum atomic E-state index is 13.5. The molecule has 6 heteroatoms. The van der Waals surface area contributed by atoms with Crippen molar-refractivity contribution < 1.29 is 18.3 Å². The van der Waals surface area contributed by atoms with E-state index in [-0.39, 0.29) is 9.80 Å². The van der Waals surface area contributed by atoms with Crippen LogP contribution in [0.3, 0.4) is 0 Å². The Labute approximate surface area is 182 Å². The Bertz CT molecular complexity index is 1250. The van der Waals surface area contributed by atoms with E-state index in [1.54, 1.807) is 42.5 Å². The van der Waals surface area contributed by atoms with Crippen LogP contribution in [-0.2, 0) is 21.1 Å². The van der Waals surface area contributed by atoms with Crippen molar-refractivity contribution in [3.63, 3.8) is 0 Å². The topological polar surface area (TPSA) is 74.7 Å². The molecule has 158 valence electrons. The molecule has 0 radical (unpaired) electrons. The van der Waals surface area contributed by atoms with Gasteiger partial charge in [-0.2, -0.15) is 0 Å². The zero-order valence-electron chi connectivity index (χ0n) is 17.3. The number of aryl methyl sites for hydroxylation is 2. The SMILES string of the molecule is CCc1ccc(N2C(=O)C(O)=C(S(=O)(=O)c3ccccc3)[C@H]2c2ccc(C)cc2)cc1. The molecule has 31 heavy (non-hydrogen) atoms. The molecular formula is C25H23NO4S. The molecule has 0 spiro atoms. The lowest BCUT2D eigenvalue weighted by atomic mass is 10.0. The summed E-state index contributed by atoms with van der Waals surface area (Å²) in [4.78, 5) is 14.2. The van der Waals surface area contributed by atoms with E-state index >= 15 is 0 Å². The van der Waals surface area contributed by atoms with E-state index in [1.165, 1.54) is 17.0 Å². The van der Waals surface area contributed by atoms with Crippen LogP contribution in [0.2, 0.25) is 0 Å². The third-order valence-electron chi connectivity index (χ3n) is 5.52. The number of carbonyl (C=O) groups excluding carboxylic acids is 1. The minimum absolute atomic E-state index is 0.0321. The minimum atomic E-state index is -4.11. The first-order chi connectivity index (χ1) is 14.8. The number of rotatable bonds is 5. The third-order valence-corrected chi connectivity index (χ3v) is 7.41. The van der Waals surface area contributed by atoms with Crippen molar-refractivity contribution in [2.24, 2.45) is 0 Å². The van der Waals surface area contributed by atoms with Gasteiger partial charge in [-0.25, -0.2) is 8.42 Å². The fourth-order valence-corrected chi connectivity index (χ4v) is 5.44. The zero-order chi connectivity index (χ0) is 22.2. The predicted molar refractivity (Wildman–Crippen MR) is 121 cm³/mol. The molecule has 1 N–H and O–H groups in total. The van der Waals surface area contributed by atoms with E-state index in [0.717, 1.165) is 17.5 Å². The number of sulfone groups is 1. The summed E-state index contributed by atoms with van der Waals surface area (Å²) in [5, 5.41) is 10.8. The Morgan fingerprint density at radius 2 is 1.52 bits per heavy atom. The Kier molecular flexibility index (Phi) is 5.41. The molecule has 0 bridgehead atoms. The smallest absolute Gasteiger partial charge is 0.295 e. The number of anilines is 1. The summed E-state index contributed by atoms with van der Waals surface area (Å²) in [6.07, 6.45) is 0.840. The predicted octanol–water partition coefficient (Wildman–Crippen LogP) is 4.89. The molecule has 1 aliphatic rings. The highest BCUT2D eigenvalue weighted by atomic mass is 32.2. The highest BCUT2D eigenvalue weighted by molar-refractivity contribution is 7.95. The van der Waals surface area contributed by atoms with Crippen molar-refractivity contribution in [3.8, 4) is 0 Å². The van der Waals surface area contributed by atoms with Gasteiger partial charge >= 0.3 is 0 Å². The highest BCUT2D eigenvalue weighted by Crippen LogP contribution is 2.44. The van der Waals surface area contributed by atoms with Gasteiger partial charge < -0.3 is 5.11 Å². The van der Waals surface area contributed by atoms with Gasteiger partial charge in [-0.3, -0.25) is 9.69 Å². The molecule has 5 nitrogen and oxygen atoms in total. The molecule has 0 saturated heterocycles. The molecular weight excluding hydrogens is 410 g/mol. The lowest BCUT2D eigenvalue weighted by Crippen LogP contribution is -2.31. The van der Waals surface area contributed by atoms with Gasteiger partial charge in [0.1, 0.15) is 10.9 Å². The van der Waals surface area contributed by atoms with Crippen molar-refractivity contribution in [3.05, 3.63) is 106 Å². The molecule has 0 aromatic heterocycles. The van der Waals surface area contributed by atoms with Crippen molar-refractivity contribution in [2.45, 2.75) is 31.2 Å². The number of nitrogens with zero attached hydrogens (tertiary/aromatic N) is 1. The number of hydrogen-bond donors (Lipinski definition) is 1. The van der Waals surface area contributed by atoms with Crippen LogP contribution in [-0.4, -0.2) is 19.4 Å². The van der Waals surface area contributed by atoms with Crippen LogP contribution in [0.25, 0.3) is 0 Å². The van der Waals surface area contributed by atoms with Gasteiger partial charge in [-0.1, -0.05) is 67.1 Å². The summed E-state index contributed by atoms with van der Waals surface area (Å²) in [7, 11) is -4.11. The van der Waals surface area contributed by atoms with Gasteiger partial charge in [0.2, 0.25) is 9.84 Å². The highest BCUT2D eigenvalue weighted by Gasteiger charge is 2.47. The zero-order valence-corrected chi connectivity index (χ0v) is 18.1. The molecule has 0 unspecified atom stereocenters. The monoisotopic (exact) mass is 433 g/mol. The third kappa shape index (κ3) is 3.64. The first-order valence-corrected chi connectivity index (χ1v) is 11.5. The van der Waals surface area contributed by atoms with Crippen molar-refractivity contribution >= 4 is 21.4 Å². The molecule has 3 aromatic rings. The van der Waals surface area contributed by atoms with E-state index in [9.17, 15) is 18.3 Å². The first-order valence-electron chi connectivity index (χ1n) is 10.1. The fourth-order valence-electron chi connectivity index (χ4n) is 3.79. The first kappa shape index (κ1) is 20.9. The Morgan fingerprint density at radius 1 is 0.903 bits per heavy atom. The maximum Gasteiger partial charge on any atom is 0.295 e. The lowest BCUT2D eigenvalue weighted by Gasteiger charge is -2.27. The molecule has 0 saturated carbocycles. The van der Waals surface area contributed by atoms with Gasteiger partial charge in [0.15, 0.2) is 5.76 Å². The standard InChI is InChI=1S/C25H23NO4S/c1-3-18-11-15-20(16-12-18)26-22(19-13-9-17(2)10-14-19)24(23(27)25(26)28)31(29,30)21-7-5-4-6-8-21/h4-16,22,27H,3H2,1-2H3/t22-/m1/s1. The minimum Gasteiger partial charge on any atom is -0.502 e. The van der Waals surface area contributed by atoms with Crippen LogP contribution in [0, 0.1) is 6.92 Å². The van der Waals surface area contributed by atoms with Crippen molar-refractivity contribution in [1.29, 1.82) is 0 Å². The van der Waals surface area contributed by atoms with Gasteiger partial charge in [-0.15, -0.1) is 0 Å². The van der Waals surface area contributed by atoms with Gasteiger partial charge in [0.05, 0.1) is 4.90 Å². The summed E-state index contributed by atoms with van der Waals surface area (Å²) in [6.45, 7) is 3.96. The van der Waals surface area contributed by atoms with Crippen LogP contribution >= 0.6 is 0 Å². The average molecular weight is 434 g/mol. The van der Waals surface area contributed by atoms with E-state index in [4.69, 9.17) is 0 Å². The lowest BCUT2D eigenvalue weighted by molar-refractivity contribution is -0.117. The molecule has 1 heterocycles. The second-order valence-corrected chi connectivity index (χ2v) is 9.46. The Balaban J connectivity index is 1.92. The van der Waals surface area contributed by atoms with E-state index in [2.05, 4.69) is 0 Å². The summed E-state index contributed by atoms with van der Waals surface area (Å²) < 4.78 is 27.0. The number of benzene rings is 3. The van der Waals surface area contributed by atoms with E-state index < -0.39 is 27.5 Å². The number of amides is 1. The van der Waals surface area contributed by atoms with Crippen molar-refractivity contribution in [2.75, 3.05) is 4.90 Å². The fraction of sp³-hybridized carbons (Fsp3) is 0.160.